The lowest BCUT2D eigenvalue weighted by Crippen LogP contribution is -2.24. The molecule has 0 saturated carbocycles. The van der Waals surface area contributed by atoms with Crippen LogP contribution >= 0.6 is 21.6 Å². The molecule has 152 valence electrons. The van der Waals surface area contributed by atoms with Crippen LogP contribution in [0.4, 0.5) is 15.9 Å². The summed E-state index contributed by atoms with van der Waals surface area (Å²) in [4.78, 5) is 16.2. The summed E-state index contributed by atoms with van der Waals surface area (Å²) in [6, 6.07) is 14.0. The van der Waals surface area contributed by atoms with Gasteiger partial charge in [-0.3, -0.25) is 23.0 Å². The first kappa shape index (κ1) is 19.6. The highest BCUT2D eigenvalue weighted by Gasteiger charge is 2.47. The molecule has 5 N–H and O–H groups in total. The fourth-order valence-electron chi connectivity index (χ4n) is 2.89. The maximum atomic E-state index is 12.9. The molecule has 2 heterocycles. The van der Waals surface area contributed by atoms with Crippen LogP contribution in [0.25, 0.3) is 0 Å². The summed E-state index contributed by atoms with van der Waals surface area (Å²) in [5.41, 5.74) is 0.335. The molecule has 1 amide bonds. The van der Waals surface area contributed by atoms with Crippen LogP contribution in [0, 0.1) is 5.82 Å². The lowest BCUT2D eigenvalue weighted by molar-refractivity contribution is 0.102. The molecule has 3 aromatic rings. The predicted octanol–water partition coefficient (Wildman–Crippen LogP) is 5.04. The summed E-state index contributed by atoms with van der Waals surface area (Å²) in [6.07, 6.45) is 0.972. The van der Waals surface area contributed by atoms with Gasteiger partial charge in [0, 0.05) is 5.56 Å². The predicted molar refractivity (Wildman–Crippen MR) is 110 cm³/mol. The molecule has 0 saturated heterocycles. The van der Waals surface area contributed by atoms with E-state index in [4.69, 9.17) is 0 Å². The molecule has 0 atom stereocenters. The van der Waals surface area contributed by atoms with Crippen molar-refractivity contribution in [3.8, 4) is 0 Å². The molecule has 0 bridgehead atoms. The Morgan fingerprint density at radius 3 is 2.00 bits per heavy atom. The third kappa shape index (κ3) is 3.33. The van der Waals surface area contributed by atoms with Gasteiger partial charge in [0.25, 0.3) is 5.91 Å². The summed E-state index contributed by atoms with van der Waals surface area (Å²) < 4.78 is 56.2. The van der Waals surface area contributed by atoms with Gasteiger partial charge in [-0.1, -0.05) is 33.7 Å². The SMILES string of the molecule is O=C(Nc1ccc(F)cn1)c1ccc(N2S(O)(O)c3ccccc3S2(O)O)cc1. The summed E-state index contributed by atoms with van der Waals surface area (Å²) in [5.74, 6) is -0.880. The Bertz CT molecular complexity index is 1040. The van der Waals surface area contributed by atoms with Gasteiger partial charge in [0.05, 0.1) is 11.9 Å². The van der Waals surface area contributed by atoms with E-state index in [0.29, 0.717) is 0 Å². The quantitative estimate of drug-likeness (QED) is 0.388. The fraction of sp³-hybridized carbons (Fsp3) is 0. The second-order valence-electron chi connectivity index (χ2n) is 6.10. The number of hydrogen-bond donors (Lipinski definition) is 5. The van der Waals surface area contributed by atoms with Crippen molar-refractivity contribution in [3.63, 3.8) is 0 Å². The van der Waals surface area contributed by atoms with E-state index in [0.717, 1.165) is 16.0 Å². The number of benzene rings is 2. The number of aromatic nitrogens is 1. The first-order valence-corrected chi connectivity index (χ1v) is 11.2. The van der Waals surface area contributed by atoms with Gasteiger partial charge in [-0.2, -0.15) is 3.71 Å². The fourth-order valence-corrected chi connectivity index (χ4v) is 7.59. The van der Waals surface area contributed by atoms with Crippen LogP contribution in [0.2, 0.25) is 0 Å². The van der Waals surface area contributed by atoms with E-state index in [9.17, 15) is 27.4 Å². The minimum Gasteiger partial charge on any atom is -0.307 e. The van der Waals surface area contributed by atoms with Crippen LogP contribution in [0.15, 0.2) is 76.7 Å². The number of nitrogens with one attached hydrogen (secondary N) is 1. The molecule has 0 radical (unpaired) electrons. The third-order valence-electron chi connectivity index (χ3n) is 4.21. The highest BCUT2D eigenvalue weighted by molar-refractivity contribution is 8.44. The van der Waals surface area contributed by atoms with E-state index in [1.165, 1.54) is 42.5 Å². The number of pyridine rings is 1. The lowest BCUT2D eigenvalue weighted by atomic mass is 10.2. The molecule has 0 unspecified atom stereocenters. The number of amides is 1. The highest BCUT2D eigenvalue weighted by atomic mass is 32.4. The first-order chi connectivity index (χ1) is 13.7. The van der Waals surface area contributed by atoms with Gasteiger partial charge in [0.15, 0.2) is 0 Å². The molecule has 0 aliphatic carbocycles. The molecule has 1 aliphatic rings. The average molecular weight is 437 g/mol. The molecular weight excluding hydrogens is 421 g/mol. The van der Waals surface area contributed by atoms with Crippen molar-refractivity contribution in [1.29, 1.82) is 0 Å². The third-order valence-corrected chi connectivity index (χ3v) is 8.83. The van der Waals surface area contributed by atoms with Crippen molar-refractivity contribution in [3.05, 3.63) is 78.2 Å². The Morgan fingerprint density at radius 1 is 0.897 bits per heavy atom. The smallest absolute Gasteiger partial charge is 0.256 e. The summed E-state index contributed by atoms with van der Waals surface area (Å²) in [6.45, 7) is 0. The van der Waals surface area contributed by atoms with Crippen LogP contribution in [0.3, 0.4) is 0 Å². The van der Waals surface area contributed by atoms with E-state index < -0.39 is 33.3 Å². The normalized spacial score (nSPS) is 18.6. The van der Waals surface area contributed by atoms with Gasteiger partial charge >= 0.3 is 0 Å². The summed E-state index contributed by atoms with van der Waals surface area (Å²) in [7, 11) is -7.34. The molecule has 0 fully saturated rings. The van der Waals surface area contributed by atoms with Crippen molar-refractivity contribution < 1.29 is 27.4 Å². The topological polar surface area (TPSA) is 126 Å². The Balaban J connectivity index is 1.61. The van der Waals surface area contributed by atoms with Crippen LogP contribution in [-0.4, -0.2) is 29.1 Å². The second-order valence-corrected chi connectivity index (χ2v) is 10.0. The number of fused-ring (bicyclic) bond motifs is 1. The molecular formula is C18H16FN3O5S2. The zero-order valence-electron chi connectivity index (χ0n) is 14.6. The Morgan fingerprint density at radius 2 is 1.48 bits per heavy atom. The number of rotatable bonds is 3. The van der Waals surface area contributed by atoms with Gasteiger partial charge in [0.1, 0.15) is 21.4 Å². The number of hydrogen-bond acceptors (Lipinski definition) is 7. The van der Waals surface area contributed by atoms with Crippen molar-refractivity contribution in [2.75, 3.05) is 9.03 Å². The van der Waals surface area contributed by atoms with Crippen LogP contribution in [0.1, 0.15) is 10.4 Å². The average Bonchev–Trinajstić information content (AvgIpc) is 2.86. The summed E-state index contributed by atoms with van der Waals surface area (Å²) in [5, 5.41) is 2.50. The van der Waals surface area contributed by atoms with E-state index in [1.807, 2.05) is 0 Å². The molecule has 1 aromatic heterocycles. The van der Waals surface area contributed by atoms with Crippen molar-refractivity contribution in [2.45, 2.75) is 9.79 Å². The number of nitrogens with zero attached hydrogens (tertiary/aromatic N) is 2. The second kappa shape index (κ2) is 6.99. The minimum atomic E-state index is -3.67. The van der Waals surface area contributed by atoms with Crippen molar-refractivity contribution >= 4 is 39.0 Å². The van der Waals surface area contributed by atoms with Gasteiger partial charge < -0.3 is 5.32 Å². The Kier molecular flexibility index (Phi) is 4.73. The first-order valence-electron chi connectivity index (χ1n) is 8.20. The van der Waals surface area contributed by atoms with E-state index in [2.05, 4.69) is 10.3 Å². The number of carbonyl (C=O) groups excluding carboxylic acids is 1. The molecule has 11 heteroatoms. The van der Waals surface area contributed by atoms with Crippen LogP contribution < -0.4 is 9.03 Å². The van der Waals surface area contributed by atoms with Gasteiger partial charge in [-0.15, -0.1) is 0 Å². The lowest BCUT2D eigenvalue weighted by Gasteiger charge is -2.45. The zero-order valence-corrected chi connectivity index (χ0v) is 16.3. The Labute approximate surface area is 168 Å². The molecule has 0 spiro atoms. The number of carbonyl (C=O) groups is 1. The number of halogens is 1. The monoisotopic (exact) mass is 437 g/mol. The van der Waals surface area contributed by atoms with E-state index in [-0.39, 0.29) is 26.9 Å². The highest BCUT2D eigenvalue weighted by Crippen LogP contribution is 2.77. The van der Waals surface area contributed by atoms with Gasteiger partial charge in [-0.05, 0) is 48.5 Å². The summed E-state index contributed by atoms with van der Waals surface area (Å²) >= 11 is 0. The standard InChI is InChI=1S/C18H16FN3O5S2/c19-13-7-10-17(20-11-13)21-18(23)12-5-8-14(9-6-12)22-28(24,25)15-3-1-2-4-16(15)29(22,26)27/h1-11,24-27H,(H,20,21,23). The molecule has 4 rings (SSSR count). The largest absolute Gasteiger partial charge is 0.307 e. The minimum absolute atomic E-state index is 0.0456. The van der Waals surface area contributed by atoms with Crippen LogP contribution in [0.5, 0.6) is 0 Å². The van der Waals surface area contributed by atoms with E-state index >= 15 is 0 Å². The maximum absolute atomic E-state index is 12.9. The van der Waals surface area contributed by atoms with Gasteiger partial charge in [-0.25, -0.2) is 9.37 Å². The van der Waals surface area contributed by atoms with Crippen LogP contribution in [-0.2, 0) is 0 Å². The number of anilines is 2. The van der Waals surface area contributed by atoms with Crippen molar-refractivity contribution in [1.82, 2.24) is 4.98 Å². The molecule has 1 aliphatic heterocycles. The molecule has 8 nitrogen and oxygen atoms in total. The maximum Gasteiger partial charge on any atom is 0.256 e. The van der Waals surface area contributed by atoms with Crippen molar-refractivity contribution in [2.24, 2.45) is 0 Å². The van der Waals surface area contributed by atoms with E-state index in [1.54, 1.807) is 12.1 Å². The zero-order chi connectivity index (χ0) is 20.8. The molecule has 29 heavy (non-hydrogen) atoms. The van der Waals surface area contributed by atoms with Gasteiger partial charge in [0.2, 0.25) is 0 Å². The molecule has 2 aromatic carbocycles. The Hall–Kier alpha value is -2.67.